The molecule has 0 radical (unpaired) electrons. The lowest BCUT2D eigenvalue weighted by atomic mass is 10.0. The molecular formula is C14H14ClNO. The van der Waals surface area contributed by atoms with Gasteiger partial charge in [0.25, 0.3) is 0 Å². The summed E-state index contributed by atoms with van der Waals surface area (Å²) in [6.07, 6.45) is 0. The van der Waals surface area contributed by atoms with Crippen molar-refractivity contribution < 1.29 is 4.74 Å². The Hall–Kier alpha value is -1.51. The monoisotopic (exact) mass is 247 g/mol. The number of hydrogen-bond acceptors (Lipinski definition) is 2. The average molecular weight is 248 g/mol. The third kappa shape index (κ3) is 2.60. The van der Waals surface area contributed by atoms with Crippen LogP contribution in [0.1, 0.15) is 5.56 Å². The first-order chi connectivity index (χ1) is 8.24. The summed E-state index contributed by atoms with van der Waals surface area (Å²) in [6, 6.07) is 13.6. The van der Waals surface area contributed by atoms with Crippen molar-refractivity contribution >= 4 is 11.6 Å². The second-order valence-corrected chi connectivity index (χ2v) is 4.18. The van der Waals surface area contributed by atoms with Crippen LogP contribution in [0, 0.1) is 0 Å². The lowest BCUT2D eigenvalue weighted by Gasteiger charge is -2.10. The summed E-state index contributed by atoms with van der Waals surface area (Å²) in [4.78, 5) is 0. The number of benzene rings is 2. The Morgan fingerprint density at radius 1 is 1.12 bits per heavy atom. The largest absolute Gasteiger partial charge is 0.496 e. The molecule has 0 heterocycles. The van der Waals surface area contributed by atoms with Crippen LogP contribution in [-0.2, 0) is 6.54 Å². The lowest BCUT2D eigenvalue weighted by molar-refractivity contribution is 0.416. The predicted octanol–water partition coefficient (Wildman–Crippen LogP) is 3.47. The van der Waals surface area contributed by atoms with Crippen molar-refractivity contribution in [2.75, 3.05) is 7.11 Å². The van der Waals surface area contributed by atoms with Gasteiger partial charge in [-0.25, -0.2) is 0 Å². The second-order valence-electron chi connectivity index (χ2n) is 3.75. The first kappa shape index (κ1) is 12.0. The lowest BCUT2D eigenvalue weighted by Crippen LogP contribution is -1.97. The highest BCUT2D eigenvalue weighted by molar-refractivity contribution is 6.30. The molecule has 0 aliphatic rings. The van der Waals surface area contributed by atoms with Crippen LogP contribution in [0.25, 0.3) is 11.1 Å². The van der Waals surface area contributed by atoms with E-state index in [9.17, 15) is 0 Å². The summed E-state index contributed by atoms with van der Waals surface area (Å²) >= 11 is 5.88. The maximum atomic E-state index is 5.88. The molecule has 2 aromatic carbocycles. The summed E-state index contributed by atoms with van der Waals surface area (Å²) in [6.45, 7) is 0.518. The molecule has 0 fully saturated rings. The van der Waals surface area contributed by atoms with Gasteiger partial charge in [-0.1, -0.05) is 29.8 Å². The van der Waals surface area contributed by atoms with Gasteiger partial charge < -0.3 is 10.5 Å². The van der Waals surface area contributed by atoms with Crippen LogP contribution in [0.15, 0.2) is 42.5 Å². The van der Waals surface area contributed by atoms with Crippen LogP contribution >= 0.6 is 11.6 Å². The van der Waals surface area contributed by atoms with Crippen LogP contribution in [0.3, 0.4) is 0 Å². The van der Waals surface area contributed by atoms with Gasteiger partial charge in [0, 0.05) is 17.1 Å². The Morgan fingerprint density at radius 3 is 2.41 bits per heavy atom. The van der Waals surface area contributed by atoms with Gasteiger partial charge >= 0.3 is 0 Å². The van der Waals surface area contributed by atoms with E-state index in [0.717, 1.165) is 27.5 Å². The number of rotatable bonds is 3. The molecule has 0 bridgehead atoms. The fourth-order valence-electron chi connectivity index (χ4n) is 1.74. The van der Waals surface area contributed by atoms with E-state index in [2.05, 4.69) is 0 Å². The zero-order valence-electron chi connectivity index (χ0n) is 9.61. The Kier molecular flexibility index (Phi) is 3.67. The van der Waals surface area contributed by atoms with E-state index in [4.69, 9.17) is 22.1 Å². The van der Waals surface area contributed by atoms with E-state index >= 15 is 0 Å². The minimum Gasteiger partial charge on any atom is -0.496 e. The number of nitrogens with two attached hydrogens (primary N) is 1. The molecular weight excluding hydrogens is 234 g/mol. The molecule has 88 valence electrons. The van der Waals surface area contributed by atoms with Gasteiger partial charge in [0.1, 0.15) is 5.75 Å². The normalized spacial score (nSPS) is 10.3. The summed E-state index contributed by atoms with van der Waals surface area (Å²) in [5, 5.41) is 0.725. The van der Waals surface area contributed by atoms with Gasteiger partial charge in [0.15, 0.2) is 0 Å². The Bertz CT molecular complexity index is 508. The zero-order valence-corrected chi connectivity index (χ0v) is 10.4. The summed E-state index contributed by atoms with van der Waals surface area (Å²) < 4.78 is 5.36. The average Bonchev–Trinajstić information content (AvgIpc) is 2.39. The van der Waals surface area contributed by atoms with Crippen LogP contribution in [0.2, 0.25) is 5.02 Å². The van der Waals surface area contributed by atoms with Gasteiger partial charge in [-0.3, -0.25) is 0 Å². The maximum Gasteiger partial charge on any atom is 0.126 e. The van der Waals surface area contributed by atoms with Crippen molar-refractivity contribution in [2.24, 2.45) is 5.73 Å². The summed E-state index contributed by atoms with van der Waals surface area (Å²) in [5.74, 6) is 0.838. The highest BCUT2D eigenvalue weighted by Gasteiger charge is 2.06. The molecule has 2 aromatic rings. The number of methoxy groups -OCH3 is 1. The third-order valence-corrected chi connectivity index (χ3v) is 2.91. The van der Waals surface area contributed by atoms with Crippen LogP contribution in [-0.4, -0.2) is 7.11 Å². The van der Waals surface area contributed by atoms with E-state index in [1.807, 2.05) is 42.5 Å². The fraction of sp³-hybridized carbons (Fsp3) is 0.143. The van der Waals surface area contributed by atoms with Crippen LogP contribution in [0.4, 0.5) is 0 Å². The Balaban J connectivity index is 2.51. The van der Waals surface area contributed by atoms with Crippen molar-refractivity contribution in [1.82, 2.24) is 0 Å². The number of halogens is 1. The van der Waals surface area contributed by atoms with Gasteiger partial charge in [0.05, 0.1) is 7.11 Å². The molecule has 0 amide bonds. The van der Waals surface area contributed by atoms with Gasteiger partial charge in [-0.2, -0.15) is 0 Å². The molecule has 0 atom stereocenters. The fourth-order valence-corrected chi connectivity index (χ4v) is 1.86. The summed E-state index contributed by atoms with van der Waals surface area (Å²) in [7, 11) is 1.66. The van der Waals surface area contributed by atoms with Gasteiger partial charge in [-0.05, 0) is 35.4 Å². The first-order valence-corrected chi connectivity index (χ1v) is 5.75. The highest BCUT2D eigenvalue weighted by atomic mass is 35.5. The topological polar surface area (TPSA) is 35.2 Å². The quantitative estimate of drug-likeness (QED) is 0.901. The van der Waals surface area contributed by atoms with Crippen molar-refractivity contribution in [3.63, 3.8) is 0 Å². The molecule has 0 unspecified atom stereocenters. The van der Waals surface area contributed by atoms with Crippen LogP contribution in [0.5, 0.6) is 5.75 Å². The minimum atomic E-state index is 0.518. The highest BCUT2D eigenvalue weighted by Crippen LogP contribution is 2.31. The molecule has 2 N–H and O–H groups in total. The van der Waals surface area contributed by atoms with Crippen molar-refractivity contribution in [3.05, 3.63) is 53.1 Å². The third-order valence-electron chi connectivity index (χ3n) is 2.65. The summed E-state index contributed by atoms with van der Waals surface area (Å²) in [5.41, 5.74) is 8.84. The Morgan fingerprint density at radius 2 is 1.82 bits per heavy atom. The molecule has 17 heavy (non-hydrogen) atoms. The van der Waals surface area contributed by atoms with E-state index in [-0.39, 0.29) is 0 Å². The number of hydrogen-bond donors (Lipinski definition) is 1. The Labute approximate surface area is 106 Å². The molecule has 3 heteroatoms. The number of ether oxygens (including phenoxy) is 1. The van der Waals surface area contributed by atoms with Crippen molar-refractivity contribution in [2.45, 2.75) is 6.54 Å². The van der Waals surface area contributed by atoms with Crippen molar-refractivity contribution in [3.8, 4) is 16.9 Å². The smallest absolute Gasteiger partial charge is 0.126 e. The van der Waals surface area contributed by atoms with E-state index < -0.39 is 0 Å². The second kappa shape index (κ2) is 5.21. The minimum absolute atomic E-state index is 0.518. The van der Waals surface area contributed by atoms with Crippen LogP contribution < -0.4 is 10.5 Å². The molecule has 0 aliphatic carbocycles. The SMILES string of the molecule is COc1ccc(CN)cc1-c1ccc(Cl)cc1. The van der Waals surface area contributed by atoms with Gasteiger partial charge in [0.2, 0.25) is 0 Å². The van der Waals surface area contributed by atoms with E-state index in [1.165, 1.54) is 0 Å². The standard InChI is InChI=1S/C14H14ClNO/c1-17-14-7-2-10(9-16)8-13(14)11-3-5-12(15)6-4-11/h2-8H,9,16H2,1H3. The maximum absolute atomic E-state index is 5.88. The first-order valence-electron chi connectivity index (χ1n) is 5.37. The molecule has 0 aliphatic heterocycles. The molecule has 0 aromatic heterocycles. The zero-order chi connectivity index (χ0) is 12.3. The molecule has 0 saturated carbocycles. The van der Waals surface area contributed by atoms with Gasteiger partial charge in [-0.15, -0.1) is 0 Å². The molecule has 2 rings (SSSR count). The van der Waals surface area contributed by atoms with E-state index in [1.54, 1.807) is 7.11 Å². The predicted molar refractivity (Wildman–Crippen MR) is 71.3 cm³/mol. The van der Waals surface area contributed by atoms with E-state index in [0.29, 0.717) is 6.54 Å². The van der Waals surface area contributed by atoms with Crippen molar-refractivity contribution in [1.29, 1.82) is 0 Å². The molecule has 0 spiro atoms. The molecule has 0 saturated heterocycles. The molecule has 2 nitrogen and oxygen atoms in total.